The van der Waals surface area contributed by atoms with Gasteiger partial charge in [-0.3, -0.25) is 0 Å². The standard InChI is InChI=1S/C20H27P/c1-2-3-4-11-16-21-17-20(18-12-7-5-8-13-18)19-14-9-6-10-15-19/h5-10,12-15,20-21H,2-4,11,16-17H2,1H3. The minimum Gasteiger partial charge on any atom is -0.121 e. The fraction of sp³-hybridized carbons (Fsp3) is 0.400. The number of benzene rings is 2. The fourth-order valence-corrected chi connectivity index (χ4v) is 4.19. The molecule has 112 valence electrons. The van der Waals surface area contributed by atoms with E-state index in [1.165, 1.54) is 49.1 Å². The van der Waals surface area contributed by atoms with Crippen molar-refractivity contribution in [1.29, 1.82) is 0 Å². The molecule has 0 spiro atoms. The Morgan fingerprint density at radius 1 is 0.762 bits per heavy atom. The Balaban J connectivity index is 1.94. The van der Waals surface area contributed by atoms with Crippen molar-refractivity contribution in [3.8, 4) is 0 Å². The van der Waals surface area contributed by atoms with Crippen LogP contribution in [0.1, 0.15) is 49.7 Å². The molecule has 0 fully saturated rings. The van der Waals surface area contributed by atoms with E-state index in [2.05, 4.69) is 67.6 Å². The predicted octanol–water partition coefficient (Wildman–Crippen LogP) is 6.08. The van der Waals surface area contributed by atoms with Crippen LogP contribution in [0.25, 0.3) is 0 Å². The molecule has 2 rings (SSSR count). The van der Waals surface area contributed by atoms with Gasteiger partial charge in [-0.05, 0) is 29.9 Å². The quantitative estimate of drug-likeness (QED) is 0.389. The Kier molecular flexibility index (Phi) is 7.54. The molecular formula is C20H27P. The van der Waals surface area contributed by atoms with E-state index in [4.69, 9.17) is 0 Å². The maximum atomic E-state index is 2.28. The maximum absolute atomic E-state index is 2.28. The first-order chi connectivity index (χ1) is 10.4. The molecule has 0 heterocycles. The van der Waals surface area contributed by atoms with Crippen LogP contribution < -0.4 is 0 Å². The maximum Gasteiger partial charge on any atom is 0.0126 e. The van der Waals surface area contributed by atoms with Crippen LogP contribution in [0.4, 0.5) is 0 Å². The van der Waals surface area contributed by atoms with Crippen molar-refractivity contribution < 1.29 is 0 Å². The second-order valence-corrected chi connectivity index (χ2v) is 7.05. The molecule has 1 atom stereocenters. The molecule has 0 aromatic heterocycles. The highest BCUT2D eigenvalue weighted by Gasteiger charge is 2.12. The first-order valence-electron chi connectivity index (χ1n) is 8.22. The van der Waals surface area contributed by atoms with E-state index < -0.39 is 0 Å². The second kappa shape index (κ2) is 9.74. The minimum absolute atomic E-state index is 0.567. The van der Waals surface area contributed by atoms with Gasteiger partial charge in [0.2, 0.25) is 0 Å². The monoisotopic (exact) mass is 298 g/mol. The Bertz CT molecular complexity index is 438. The lowest BCUT2D eigenvalue weighted by Gasteiger charge is -2.18. The lowest BCUT2D eigenvalue weighted by Crippen LogP contribution is -2.03. The molecule has 0 N–H and O–H groups in total. The summed E-state index contributed by atoms with van der Waals surface area (Å²) in [6.07, 6.45) is 8.23. The van der Waals surface area contributed by atoms with Gasteiger partial charge in [-0.2, -0.15) is 0 Å². The SMILES string of the molecule is CCCCCCPCC(c1ccccc1)c1ccccc1. The molecule has 0 aliphatic carbocycles. The summed E-state index contributed by atoms with van der Waals surface area (Å²) < 4.78 is 0. The molecule has 2 aromatic carbocycles. The Morgan fingerprint density at radius 3 is 1.86 bits per heavy atom. The molecule has 0 radical (unpaired) electrons. The average Bonchev–Trinajstić information content (AvgIpc) is 2.56. The highest BCUT2D eigenvalue weighted by molar-refractivity contribution is 7.38. The minimum atomic E-state index is 0.567. The van der Waals surface area contributed by atoms with Gasteiger partial charge in [0.15, 0.2) is 0 Å². The molecule has 0 saturated heterocycles. The van der Waals surface area contributed by atoms with Gasteiger partial charge in [-0.1, -0.05) is 86.8 Å². The van der Waals surface area contributed by atoms with Crippen molar-refractivity contribution in [3.05, 3.63) is 71.8 Å². The predicted molar refractivity (Wildman–Crippen MR) is 96.9 cm³/mol. The van der Waals surface area contributed by atoms with Crippen LogP contribution in [0.15, 0.2) is 60.7 Å². The molecule has 0 aliphatic rings. The van der Waals surface area contributed by atoms with E-state index >= 15 is 0 Å². The highest BCUT2D eigenvalue weighted by Crippen LogP contribution is 2.31. The Labute approximate surface area is 131 Å². The number of hydrogen-bond donors (Lipinski definition) is 0. The molecule has 0 nitrogen and oxygen atoms in total. The van der Waals surface area contributed by atoms with Gasteiger partial charge in [0.25, 0.3) is 0 Å². The normalized spacial score (nSPS) is 11.5. The van der Waals surface area contributed by atoms with Crippen LogP contribution in [-0.2, 0) is 0 Å². The zero-order valence-corrected chi connectivity index (χ0v) is 14.1. The largest absolute Gasteiger partial charge is 0.121 e. The van der Waals surface area contributed by atoms with E-state index in [0.29, 0.717) is 5.92 Å². The summed E-state index contributed by atoms with van der Waals surface area (Å²) >= 11 is 0. The third kappa shape index (κ3) is 5.64. The van der Waals surface area contributed by atoms with E-state index in [9.17, 15) is 0 Å². The van der Waals surface area contributed by atoms with Crippen LogP contribution in [0.5, 0.6) is 0 Å². The lowest BCUT2D eigenvalue weighted by molar-refractivity contribution is 0.705. The molecule has 0 bridgehead atoms. The Hall–Kier alpha value is -1.13. The van der Waals surface area contributed by atoms with Crippen LogP contribution in [0.2, 0.25) is 0 Å². The summed E-state index contributed by atoms with van der Waals surface area (Å²) in [6, 6.07) is 22.0. The fourth-order valence-electron chi connectivity index (χ4n) is 2.72. The first-order valence-corrected chi connectivity index (χ1v) is 9.64. The van der Waals surface area contributed by atoms with Gasteiger partial charge in [0, 0.05) is 5.92 Å². The number of rotatable bonds is 9. The molecule has 0 saturated carbocycles. The smallest absolute Gasteiger partial charge is 0.0126 e. The van der Waals surface area contributed by atoms with Crippen molar-refractivity contribution in [2.24, 2.45) is 0 Å². The van der Waals surface area contributed by atoms with Crippen molar-refractivity contribution >= 4 is 8.58 Å². The molecule has 1 heteroatoms. The topological polar surface area (TPSA) is 0 Å². The van der Waals surface area contributed by atoms with Crippen molar-refractivity contribution in [2.45, 2.75) is 38.5 Å². The number of unbranched alkanes of at least 4 members (excludes halogenated alkanes) is 3. The van der Waals surface area contributed by atoms with Gasteiger partial charge >= 0.3 is 0 Å². The van der Waals surface area contributed by atoms with Crippen LogP contribution in [-0.4, -0.2) is 12.3 Å². The van der Waals surface area contributed by atoms with E-state index in [-0.39, 0.29) is 0 Å². The third-order valence-electron chi connectivity index (χ3n) is 3.96. The summed E-state index contributed by atoms with van der Waals surface area (Å²) in [5.41, 5.74) is 2.93. The first kappa shape index (κ1) is 16.2. The van der Waals surface area contributed by atoms with E-state index in [1.807, 2.05) is 0 Å². The summed E-state index contributed by atoms with van der Waals surface area (Å²) in [7, 11) is 1.07. The summed E-state index contributed by atoms with van der Waals surface area (Å²) in [6.45, 7) is 2.28. The van der Waals surface area contributed by atoms with Crippen molar-refractivity contribution in [3.63, 3.8) is 0 Å². The van der Waals surface area contributed by atoms with Gasteiger partial charge in [0.05, 0.1) is 0 Å². The molecule has 0 aliphatic heterocycles. The zero-order chi connectivity index (χ0) is 14.8. The highest BCUT2D eigenvalue weighted by atomic mass is 31.1. The molecule has 21 heavy (non-hydrogen) atoms. The third-order valence-corrected chi connectivity index (χ3v) is 5.36. The number of hydrogen-bond acceptors (Lipinski definition) is 0. The van der Waals surface area contributed by atoms with Crippen molar-refractivity contribution in [2.75, 3.05) is 12.3 Å². The zero-order valence-electron chi connectivity index (χ0n) is 13.1. The molecule has 0 amide bonds. The van der Waals surface area contributed by atoms with E-state index in [1.54, 1.807) is 0 Å². The van der Waals surface area contributed by atoms with Gasteiger partial charge in [0.1, 0.15) is 0 Å². The molecule has 2 aromatic rings. The van der Waals surface area contributed by atoms with Crippen LogP contribution >= 0.6 is 8.58 Å². The summed E-state index contributed by atoms with van der Waals surface area (Å²) in [5, 5.41) is 0. The van der Waals surface area contributed by atoms with Crippen molar-refractivity contribution in [1.82, 2.24) is 0 Å². The Morgan fingerprint density at radius 2 is 1.33 bits per heavy atom. The molecule has 1 unspecified atom stereocenters. The van der Waals surface area contributed by atoms with Gasteiger partial charge < -0.3 is 0 Å². The van der Waals surface area contributed by atoms with Crippen LogP contribution in [0, 0.1) is 0 Å². The van der Waals surface area contributed by atoms with Gasteiger partial charge in [-0.15, -0.1) is 8.58 Å². The summed E-state index contributed by atoms with van der Waals surface area (Å²) in [4.78, 5) is 0. The lowest BCUT2D eigenvalue weighted by atomic mass is 9.93. The van der Waals surface area contributed by atoms with E-state index in [0.717, 1.165) is 8.58 Å². The average molecular weight is 298 g/mol. The van der Waals surface area contributed by atoms with Crippen LogP contribution in [0.3, 0.4) is 0 Å². The molecular weight excluding hydrogens is 271 g/mol. The summed E-state index contributed by atoms with van der Waals surface area (Å²) in [5.74, 6) is 0.567. The van der Waals surface area contributed by atoms with Gasteiger partial charge in [-0.25, -0.2) is 0 Å². The second-order valence-electron chi connectivity index (χ2n) is 5.64.